The van der Waals surface area contributed by atoms with Crippen molar-refractivity contribution in [3.63, 3.8) is 0 Å². The normalized spacial score (nSPS) is 22.5. The highest BCUT2D eigenvalue weighted by Gasteiger charge is 2.43. The lowest BCUT2D eigenvalue weighted by Crippen LogP contribution is -2.48. The highest BCUT2D eigenvalue weighted by molar-refractivity contribution is 6.30. The summed E-state index contributed by atoms with van der Waals surface area (Å²) in [5.41, 5.74) is 0.963. The molecule has 166 valence electrons. The molecule has 2 aliphatic rings. The van der Waals surface area contributed by atoms with E-state index in [2.05, 4.69) is 30.3 Å². The molecular formula is C22H23ClFN7O. The summed E-state index contributed by atoms with van der Waals surface area (Å²) in [5, 5.41) is 8.39. The molecule has 2 bridgehead atoms. The van der Waals surface area contributed by atoms with Gasteiger partial charge in [0.15, 0.2) is 0 Å². The largest absolute Gasteiger partial charge is 0.424 e. The number of ether oxygens (including phenoxy) is 1. The quantitative estimate of drug-likeness (QED) is 0.584. The predicted molar refractivity (Wildman–Crippen MR) is 121 cm³/mol. The number of aryl methyl sites for hydroxylation is 1. The highest BCUT2D eigenvalue weighted by atomic mass is 35.5. The lowest BCUT2D eigenvalue weighted by molar-refractivity contribution is 0.374. The summed E-state index contributed by atoms with van der Waals surface area (Å²) in [6.45, 7) is 3.79. The van der Waals surface area contributed by atoms with Gasteiger partial charge in [-0.2, -0.15) is 9.67 Å². The van der Waals surface area contributed by atoms with Gasteiger partial charge >= 0.3 is 6.01 Å². The van der Waals surface area contributed by atoms with E-state index in [9.17, 15) is 4.39 Å². The zero-order valence-electron chi connectivity index (χ0n) is 17.5. The average Bonchev–Trinajstić information content (AvgIpc) is 3.23. The number of anilines is 2. The fourth-order valence-corrected chi connectivity index (χ4v) is 4.81. The number of fused-ring (bicyclic) bond motifs is 2. The van der Waals surface area contributed by atoms with Gasteiger partial charge in [0, 0.05) is 35.9 Å². The van der Waals surface area contributed by atoms with Gasteiger partial charge < -0.3 is 15.0 Å². The molecule has 0 radical (unpaired) electrons. The minimum absolute atomic E-state index is 0.157. The van der Waals surface area contributed by atoms with E-state index in [1.54, 1.807) is 30.6 Å². The van der Waals surface area contributed by atoms with Crippen molar-refractivity contribution in [3.8, 4) is 11.8 Å². The van der Waals surface area contributed by atoms with E-state index >= 15 is 0 Å². The molecule has 3 aromatic rings. The van der Waals surface area contributed by atoms with Crippen LogP contribution >= 0.6 is 11.6 Å². The van der Waals surface area contributed by atoms with Crippen molar-refractivity contribution in [1.29, 1.82) is 0 Å². The van der Waals surface area contributed by atoms with Crippen molar-refractivity contribution in [2.24, 2.45) is 11.8 Å². The van der Waals surface area contributed by atoms with Gasteiger partial charge in [-0.05, 0) is 49.8 Å². The summed E-state index contributed by atoms with van der Waals surface area (Å²) in [7, 11) is 0. The van der Waals surface area contributed by atoms with Crippen molar-refractivity contribution in [1.82, 2.24) is 24.7 Å². The fourth-order valence-electron chi connectivity index (χ4n) is 4.63. The molecule has 0 unspecified atom stereocenters. The predicted octanol–water partition coefficient (Wildman–Crippen LogP) is 4.55. The first kappa shape index (κ1) is 20.7. The first-order chi connectivity index (χ1) is 15.6. The molecule has 32 heavy (non-hydrogen) atoms. The van der Waals surface area contributed by atoms with E-state index in [1.165, 1.54) is 4.68 Å². The Morgan fingerprint density at radius 1 is 1.19 bits per heavy atom. The average molecular weight is 456 g/mol. The Labute approximate surface area is 190 Å². The molecule has 0 amide bonds. The van der Waals surface area contributed by atoms with E-state index in [1.807, 2.05) is 13.0 Å². The van der Waals surface area contributed by atoms with Gasteiger partial charge in [-0.1, -0.05) is 17.7 Å². The third-order valence-electron chi connectivity index (χ3n) is 6.05. The second kappa shape index (κ2) is 8.74. The molecule has 8 nitrogen and oxygen atoms in total. The molecule has 3 atom stereocenters. The van der Waals surface area contributed by atoms with Gasteiger partial charge in [-0.25, -0.2) is 14.4 Å². The number of piperidine rings is 1. The molecule has 10 heteroatoms. The van der Waals surface area contributed by atoms with Gasteiger partial charge in [0.05, 0.1) is 6.20 Å². The lowest BCUT2D eigenvalue weighted by Gasteiger charge is -2.38. The van der Waals surface area contributed by atoms with Crippen LogP contribution in [0.5, 0.6) is 11.8 Å². The van der Waals surface area contributed by atoms with Crippen LogP contribution in [0.3, 0.4) is 0 Å². The Balaban J connectivity index is 1.32. The van der Waals surface area contributed by atoms with Crippen molar-refractivity contribution >= 4 is 29.6 Å². The number of aromatic nitrogens is 5. The first-order valence-corrected chi connectivity index (χ1v) is 10.9. The number of hydrogen-bond acceptors (Lipinski definition) is 7. The number of hydrogen-bond donors (Lipinski definition) is 1. The van der Waals surface area contributed by atoms with Crippen LogP contribution < -0.4 is 15.0 Å². The molecule has 2 aromatic heterocycles. The van der Waals surface area contributed by atoms with Crippen LogP contribution in [0.2, 0.25) is 5.02 Å². The maximum Gasteiger partial charge on any atom is 0.326 e. The second-order valence-electron chi connectivity index (χ2n) is 8.19. The van der Waals surface area contributed by atoms with Crippen LogP contribution in [0.1, 0.15) is 18.5 Å². The minimum Gasteiger partial charge on any atom is -0.424 e. The Morgan fingerprint density at radius 3 is 2.72 bits per heavy atom. The van der Waals surface area contributed by atoms with Crippen molar-refractivity contribution in [3.05, 3.63) is 53.7 Å². The van der Waals surface area contributed by atoms with Gasteiger partial charge in [0.2, 0.25) is 5.95 Å². The molecule has 1 aromatic carbocycles. The monoisotopic (exact) mass is 455 g/mol. The molecule has 0 spiro atoms. The Bertz CT molecular complexity index is 1120. The summed E-state index contributed by atoms with van der Waals surface area (Å²) in [5.74, 6) is 2.75. The van der Waals surface area contributed by atoms with E-state index in [4.69, 9.17) is 16.3 Å². The standard InChI is InChI=1S/C22H23ClFN7O/c1-14-9-19(26-13-25-14)30-11-15-5-6-16(12-30)20(15)27-21-28-22(31(29-21)8-7-24)32-18-4-2-3-17(23)10-18/h2-4,7-10,13,15-16,20H,5-6,11-12H2,1H3,(H,27,29)/b8-7+/t15-,16+,20+. The fraction of sp³-hybridized carbons (Fsp3) is 0.364. The molecule has 1 saturated carbocycles. The number of nitrogens with zero attached hydrogens (tertiary/aromatic N) is 6. The van der Waals surface area contributed by atoms with E-state index in [0.29, 0.717) is 34.9 Å². The molecule has 1 aliphatic carbocycles. The maximum absolute atomic E-state index is 12.9. The highest BCUT2D eigenvalue weighted by Crippen LogP contribution is 2.39. The van der Waals surface area contributed by atoms with Crippen molar-refractivity contribution in [2.75, 3.05) is 23.3 Å². The lowest BCUT2D eigenvalue weighted by atomic mass is 9.92. The summed E-state index contributed by atoms with van der Waals surface area (Å²) < 4.78 is 20.0. The van der Waals surface area contributed by atoms with Gasteiger partial charge in [-0.3, -0.25) is 0 Å². The SMILES string of the molecule is Cc1cc(N2C[C@H]3CC[C@@H](C2)[C@H]3Nc2nc(Oc3cccc(Cl)c3)n(/C=C/F)n2)ncn1. The molecular weight excluding hydrogens is 433 g/mol. The topological polar surface area (TPSA) is 81.0 Å². The molecule has 5 rings (SSSR count). The van der Waals surface area contributed by atoms with Crippen LogP contribution in [0, 0.1) is 18.8 Å². The van der Waals surface area contributed by atoms with Gasteiger partial charge in [0.1, 0.15) is 24.2 Å². The van der Waals surface area contributed by atoms with E-state index in [0.717, 1.165) is 43.6 Å². The first-order valence-electron chi connectivity index (χ1n) is 10.6. The molecule has 1 N–H and O–H groups in total. The molecule has 1 aliphatic heterocycles. The maximum atomic E-state index is 12.9. The van der Waals surface area contributed by atoms with Crippen LogP contribution in [-0.4, -0.2) is 43.9 Å². The van der Waals surface area contributed by atoms with Gasteiger partial charge in [0.25, 0.3) is 0 Å². The second-order valence-corrected chi connectivity index (χ2v) is 8.62. The molecule has 2 fully saturated rings. The van der Waals surface area contributed by atoms with Gasteiger partial charge in [-0.15, -0.1) is 5.10 Å². The van der Waals surface area contributed by atoms with Crippen LogP contribution in [-0.2, 0) is 0 Å². The third-order valence-corrected chi connectivity index (χ3v) is 6.28. The van der Waals surface area contributed by atoms with Crippen molar-refractivity contribution in [2.45, 2.75) is 25.8 Å². The van der Waals surface area contributed by atoms with E-state index in [-0.39, 0.29) is 12.1 Å². The number of halogens is 2. The smallest absolute Gasteiger partial charge is 0.326 e. The zero-order valence-corrected chi connectivity index (χ0v) is 18.3. The Kier molecular flexibility index (Phi) is 5.65. The van der Waals surface area contributed by atoms with E-state index < -0.39 is 0 Å². The zero-order chi connectivity index (χ0) is 22.1. The van der Waals surface area contributed by atoms with Crippen LogP contribution in [0.4, 0.5) is 16.2 Å². The van der Waals surface area contributed by atoms with Crippen molar-refractivity contribution < 1.29 is 9.13 Å². The summed E-state index contributed by atoms with van der Waals surface area (Å²) in [4.78, 5) is 15.4. The number of benzene rings is 1. The minimum atomic E-state index is 0.157. The summed E-state index contributed by atoms with van der Waals surface area (Å²) in [6, 6.07) is 9.35. The number of nitrogens with one attached hydrogen (secondary N) is 1. The molecule has 3 heterocycles. The summed E-state index contributed by atoms with van der Waals surface area (Å²) in [6.07, 6.45) is 5.43. The van der Waals surface area contributed by atoms with Crippen LogP contribution in [0.15, 0.2) is 43.0 Å². The summed E-state index contributed by atoms with van der Waals surface area (Å²) >= 11 is 6.03. The third kappa shape index (κ3) is 4.25. The molecule has 1 saturated heterocycles. The number of rotatable bonds is 6. The van der Waals surface area contributed by atoms with Crippen LogP contribution in [0.25, 0.3) is 6.20 Å². The Morgan fingerprint density at radius 2 is 2.00 bits per heavy atom. The Hall–Kier alpha value is -3.20.